The zero-order valence-electron chi connectivity index (χ0n) is 32.3. The van der Waals surface area contributed by atoms with Gasteiger partial charge in [0.15, 0.2) is 0 Å². The van der Waals surface area contributed by atoms with Crippen molar-refractivity contribution in [3.05, 3.63) is 92.0 Å². The maximum Gasteiger partial charge on any atom is 0.352 e. The zero-order chi connectivity index (χ0) is 39.5. The minimum Gasteiger partial charge on any atom is -0.496 e. The molecule has 3 aromatic carbocycles. The number of methoxy groups -OCH3 is 2. The van der Waals surface area contributed by atoms with Crippen molar-refractivity contribution in [2.75, 3.05) is 38.9 Å². The second-order valence-electron chi connectivity index (χ2n) is 14.3. The number of nitrogens with zero attached hydrogens (tertiary/aromatic N) is 5. The van der Waals surface area contributed by atoms with Gasteiger partial charge in [-0.25, -0.2) is 4.79 Å². The molecule has 55 heavy (non-hydrogen) atoms. The van der Waals surface area contributed by atoms with Gasteiger partial charge in [0.25, 0.3) is 5.91 Å². The number of carboxylic acids is 1. The molecule has 13 heteroatoms. The molecule has 7 rings (SSSR count). The third-order valence-corrected chi connectivity index (χ3v) is 11.7. The summed E-state index contributed by atoms with van der Waals surface area (Å²) < 4.78 is 23.0. The normalized spacial score (nSPS) is 14.3. The van der Waals surface area contributed by atoms with E-state index in [4.69, 9.17) is 42.5 Å². The zero-order valence-corrected chi connectivity index (χ0v) is 33.9. The Labute approximate surface area is 329 Å². The smallest absolute Gasteiger partial charge is 0.352 e. The molecule has 0 fully saturated rings. The van der Waals surface area contributed by atoms with Crippen LogP contribution in [0.3, 0.4) is 0 Å². The van der Waals surface area contributed by atoms with Crippen LogP contribution in [-0.4, -0.2) is 69.9 Å². The van der Waals surface area contributed by atoms with Crippen LogP contribution in [0.25, 0.3) is 32.9 Å². The summed E-state index contributed by atoms with van der Waals surface area (Å²) in [6.07, 6.45) is 1.18. The molecular formula is C42H45Cl2N5O6. The lowest BCUT2D eigenvalue weighted by atomic mass is 9.98. The number of rotatable bonds is 12. The summed E-state index contributed by atoms with van der Waals surface area (Å²) in [7, 11) is 5.04. The summed E-state index contributed by atoms with van der Waals surface area (Å²) in [5.41, 5.74) is 9.10. The second kappa shape index (κ2) is 14.9. The molecule has 4 heterocycles. The summed E-state index contributed by atoms with van der Waals surface area (Å²) in [5.74, 6) is -0.0232. The number of aromatic nitrogens is 4. The van der Waals surface area contributed by atoms with Crippen LogP contribution in [0.4, 0.5) is 5.69 Å². The fourth-order valence-corrected chi connectivity index (χ4v) is 8.62. The molecule has 1 amide bonds. The first-order valence-corrected chi connectivity index (χ1v) is 19.0. The number of hydrogen-bond donors (Lipinski definition) is 1. The minimum absolute atomic E-state index is 0.0812. The molecule has 1 N–H and O–H groups in total. The van der Waals surface area contributed by atoms with Crippen molar-refractivity contribution in [1.82, 2.24) is 18.9 Å². The van der Waals surface area contributed by atoms with Gasteiger partial charge in [-0.15, -0.1) is 0 Å². The van der Waals surface area contributed by atoms with Crippen LogP contribution in [0, 0.1) is 27.7 Å². The van der Waals surface area contributed by atoms with E-state index in [9.17, 15) is 9.90 Å². The van der Waals surface area contributed by atoms with E-state index < -0.39 is 5.97 Å². The van der Waals surface area contributed by atoms with Gasteiger partial charge in [0.2, 0.25) is 0 Å². The van der Waals surface area contributed by atoms with E-state index in [2.05, 4.69) is 11.5 Å². The van der Waals surface area contributed by atoms with E-state index in [1.165, 1.54) is 0 Å². The molecule has 0 aliphatic carbocycles. The minimum atomic E-state index is -1.09. The van der Waals surface area contributed by atoms with Crippen molar-refractivity contribution in [2.24, 2.45) is 7.05 Å². The van der Waals surface area contributed by atoms with Crippen molar-refractivity contribution in [1.29, 1.82) is 0 Å². The Balaban J connectivity index is 1.41. The lowest BCUT2D eigenvalue weighted by molar-refractivity contribution is 0.0683. The predicted octanol–water partition coefficient (Wildman–Crippen LogP) is 9.12. The topological polar surface area (TPSA) is 113 Å². The van der Waals surface area contributed by atoms with Crippen LogP contribution in [0.1, 0.15) is 68.4 Å². The van der Waals surface area contributed by atoms with Gasteiger partial charge in [0.1, 0.15) is 22.9 Å². The Kier molecular flexibility index (Phi) is 10.4. The van der Waals surface area contributed by atoms with E-state index in [0.717, 1.165) is 60.9 Å². The lowest BCUT2D eigenvalue weighted by Crippen LogP contribution is -2.43. The monoisotopic (exact) mass is 785 g/mol. The Morgan fingerprint density at radius 3 is 2.33 bits per heavy atom. The third-order valence-electron chi connectivity index (χ3n) is 10.8. The van der Waals surface area contributed by atoms with Gasteiger partial charge in [0, 0.05) is 65.9 Å². The Hall–Kier alpha value is -4.97. The quantitative estimate of drug-likeness (QED) is 0.123. The molecule has 0 radical (unpaired) electrons. The average molecular weight is 787 g/mol. The van der Waals surface area contributed by atoms with Gasteiger partial charge in [-0.1, -0.05) is 29.3 Å². The van der Waals surface area contributed by atoms with E-state index in [-0.39, 0.29) is 30.8 Å². The summed E-state index contributed by atoms with van der Waals surface area (Å²) in [6.45, 7) is 11.3. The number of carbonyl (C=O) groups is 2. The molecule has 3 aromatic heterocycles. The predicted molar refractivity (Wildman–Crippen MR) is 217 cm³/mol. The summed E-state index contributed by atoms with van der Waals surface area (Å²) in [4.78, 5) is 29.6. The van der Waals surface area contributed by atoms with Gasteiger partial charge in [0.05, 0.1) is 47.8 Å². The highest BCUT2D eigenvalue weighted by Gasteiger charge is 2.38. The van der Waals surface area contributed by atoms with Crippen LogP contribution >= 0.6 is 23.2 Å². The van der Waals surface area contributed by atoms with Gasteiger partial charge >= 0.3 is 5.97 Å². The van der Waals surface area contributed by atoms with E-state index in [0.29, 0.717) is 59.0 Å². The van der Waals surface area contributed by atoms with E-state index in [1.54, 1.807) is 35.8 Å². The van der Waals surface area contributed by atoms with Crippen LogP contribution in [0.15, 0.2) is 42.5 Å². The molecule has 0 bridgehead atoms. The highest BCUT2D eigenvalue weighted by molar-refractivity contribution is 6.35. The first kappa shape index (κ1) is 38.3. The van der Waals surface area contributed by atoms with Gasteiger partial charge < -0.3 is 33.4 Å². The van der Waals surface area contributed by atoms with Crippen LogP contribution in [0.5, 0.6) is 11.5 Å². The molecule has 1 atom stereocenters. The number of amides is 1. The fourth-order valence-electron chi connectivity index (χ4n) is 8.26. The standard InChI is InChI=1S/C42H45Cl2N5O6/c1-22-18-27(19-23(2)37(22)44)55-16-9-10-28-29-11-12-31(43)36(35-25(4)45-46(6)26(35)5)39(29)49-24(3)21-48(41(50)40(28)49)32-13-14-34(54-8)30-20-33(42(51)52)47(38(30)32)15-17-53-7/h11-14,18-20,24H,9-10,15-17,21H2,1-8H3,(H,51,52)/t24-/m1/s1. The number of carboxylic acid groups (broad SMARTS) is 1. The molecule has 288 valence electrons. The summed E-state index contributed by atoms with van der Waals surface area (Å²) in [6, 6.07) is 12.8. The summed E-state index contributed by atoms with van der Waals surface area (Å²) in [5, 5.41) is 17.8. The van der Waals surface area contributed by atoms with E-state index >= 15 is 4.79 Å². The second-order valence-corrected chi connectivity index (χ2v) is 15.1. The van der Waals surface area contributed by atoms with Crippen LogP contribution in [0.2, 0.25) is 10.0 Å². The van der Waals surface area contributed by atoms with Gasteiger partial charge in [-0.2, -0.15) is 5.10 Å². The number of ether oxygens (including phenoxy) is 3. The van der Waals surface area contributed by atoms with Crippen LogP contribution < -0.4 is 14.4 Å². The van der Waals surface area contributed by atoms with E-state index in [1.807, 2.05) is 69.8 Å². The maximum absolute atomic E-state index is 15.3. The Morgan fingerprint density at radius 1 is 0.964 bits per heavy atom. The number of aryl methyl sites for hydroxylation is 5. The SMILES string of the molecule is COCCn1c(C(=O)O)cc2c(OC)ccc(N3C[C@@H](C)n4c(c(CCCOc5cc(C)c(Cl)c(C)c5)c5ccc(Cl)c(-c6c(C)nn(C)c6C)c54)C3=O)c21. The van der Waals surface area contributed by atoms with Crippen molar-refractivity contribution in [3.63, 3.8) is 0 Å². The molecule has 0 saturated carbocycles. The lowest BCUT2D eigenvalue weighted by Gasteiger charge is -2.35. The van der Waals surface area contributed by atoms with Crippen LogP contribution in [-0.2, 0) is 24.8 Å². The first-order chi connectivity index (χ1) is 26.3. The fraction of sp³-hybridized carbons (Fsp3) is 0.357. The molecule has 1 aliphatic heterocycles. The first-order valence-electron chi connectivity index (χ1n) is 18.3. The highest BCUT2D eigenvalue weighted by atomic mass is 35.5. The average Bonchev–Trinajstić information content (AvgIpc) is 3.78. The number of carbonyl (C=O) groups excluding carboxylic acids is 1. The Bertz CT molecular complexity index is 2490. The number of halogens is 2. The number of fused-ring (bicyclic) bond motifs is 4. The maximum atomic E-state index is 15.3. The van der Waals surface area contributed by atoms with Gasteiger partial charge in [-0.3, -0.25) is 9.48 Å². The highest BCUT2D eigenvalue weighted by Crippen LogP contribution is 2.46. The van der Waals surface area contributed by atoms with Gasteiger partial charge in [-0.05, 0) is 101 Å². The molecule has 11 nitrogen and oxygen atoms in total. The largest absolute Gasteiger partial charge is 0.496 e. The number of anilines is 1. The number of aromatic carboxylic acids is 1. The summed E-state index contributed by atoms with van der Waals surface area (Å²) >= 11 is 13.5. The number of hydrogen-bond acceptors (Lipinski definition) is 6. The molecule has 0 spiro atoms. The van der Waals surface area contributed by atoms with Crippen molar-refractivity contribution < 1.29 is 28.9 Å². The molecule has 0 unspecified atom stereocenters. The molecule has 1 aliphatic rings. The van der Waals surface area contributed by atoms with Crippen molar-refractivity contribution >= 4 is 62.6 Å². The molecule has 6 aromatic rings. The Morgan fingerprint density at radius 2 is 1.69 bits per heavy atom. The number of benzene rings is 3. The molecule has 0 saturated heterocycles. The van der Waals surface area contributed by atoms with Crippen molar-refractivity contribution in [3.8, 4) is 22.6 Å². The molecular weight excluding hydrogens is 741 g/mol. The van der Waals surface area contributed by atoms with Crippen molar-refractivity contribution in [2.45, 2.75) is 60.0 Å². The third kappa shape index (κ3) is 6.41.